The Morgan fingerprint density at radius 2 is 2.12 bits per heavy atom. The highest BCUT2D eigenvalue weighted by Gasteiger charge is 2.14. The van der Waals surface area contributed by atoms with E-state index in [2.05, 4.69) is 26.1 Å². The van der Waals surface area contributed by atoms with Crippen molar-refractivity contribution in [3.63, 3.8) is 0 Å². The fourth-order valence-corrected chi connectivity index (χ4v) is 2.08. The van der Waals surface area contributed by atoms with Crippen LogP contribution in [0.15, 0.2) is 16.6 Å². The number of rotatable bonds is 2. The minimum absolute atomic E-state index is 0.175. The summed E-state index contributed by atoms with van der Waals surface area (Å²) in [6.07, 6.45) is 0.585. The molecular weight excluding hydrogens is 312 g/mol. The Hall–Kier alpha value is -1.08. The lowest BCUT2D eigenvalue weighted by Crippen LogP contribution is -2.03. The first-order valence-electron chi connectivity index (χ1n) is 4.85. The van der Waals surface area contributed by atoms with Crippen molar-refractivity contribution in [1.82, 2.24) is 14.8 Å². The van der Waals surface area contributed by atoms with Gasteiger partial charge in [-0.25, -0.2) is 8.78 Å². The van der Waals surface area contributed by atoms with Crippen LogP contribution in [0.5, 0.6) is 0 Å². The van der Waals surface area contributed by atoms with E-state index in [1.54, 1.807) is 0 Å². The molecule has 0 unspecified atom stereocenters. The number of hydrogen-bond acceptors (Lipinski definition) is 2. The van der Waals surface area contributed by atoms with Gasteiger partial charge in [-0.05, 0) is 34.2 Å². The Labute approximate surface area is 110 Å². The van der Waals surface area contributed by atoms with Gasteiger partial charge in [0.05, 0.1) is 10.2 Å². The molecule has 0 aliphatic rings. The molecule has 0 saturated carbocycles. The molecule has 1 heterocycles. The van der Waals surface area contributed by atoms with Gasteiger partial charge >= 0.3 is 0 Å². The minimum Gasteiger partial charge on any atom is -0.269 e. The first-order valence-corrected chi connectivity index (χ1v) is 6.06. The largest absolute Gasteiger partial charge is 0.269 e. The van der Waals surface area contributed by atoms with Crippen LogP contribution in [0.25, 0.3) is 5.69 Å². The predicted octanol–water partition coefficient (Wildman–Crippen LogP) is 3.53. The number of aromatic nitrogens is 3. The van der Waals surface area contributed by atoms with E-state index in [0.29, 0.717) is 12.2 Å². The van der Waals surface area contributed by atoms with E-state index < -0.39 is 11.6 Å². The van der Waals surface area contributed by atoms with Crippen molar-refractivity contribution in [2.24, 2.45) is 0 Å². The molecule has 0 fully saturated rings. The first-order chi connectivity index (χ1) is 8.04. The number of aryl methyl sites for hydroxylation is 1. The second kappa shape index (κ2) is 4.66. The molecule has 2 aromatic rings. The lowest BCUT2D eigenvalue weighted by Gasteiger charge is -2.07. The monoisotopic (exact) mass is 319 g/mol. The maximum Gasteiger partial charge on any atom is 0.199 e. The Kier molecular flexibility index (Phi) is 3.39. The van der Waals surface area contributed by atoms with Gasteiger partial charge in [0.25, 0.3) is 0 Å². The minimum atomic E-state index is -0.682. The van der Waals surface area contributed by atoms with Gasteiger partial charge in [-0.1, -0.05) is 6.92 Å². The molecule has 7 heteroatoms. The van der Waals surface area contributed by atoms with Crippen molar-refractivity contribution in [1.29, 1.82) is 0 Å². The van der Waals surface area contributed by atoms with E-state index in [1.807, 2.05) is 6.92 Å². The van der Waals surface area contributed by atoms with Crippen LogP contribution in [0.2, 0.25) is 0 Å². The second-order valence-corrected chi connectivity index (χ2v) is 4.59. The molecule has 17 heavy (non-hydrogen) atoms. The molecule has 2 rings (SSSR count). The maximum absolute atomic E-state index is 13.7. The number of benzene rings is 1. The second-order valence-electron chi connectivity index (χ2n) is 3.35. The van der Waals surface area contributed by atoms with Gasteiger partial charge in [0.15, 0.2) is 4.77 Å². The van der Waals surface area contributed by atoms with Crippen molar-refractivity contribution in [2.75, 3.05) is 0 Å². The predicted molar refractivity (Wildman–Crippen MR) is 65.7 cm³/mol. The van der Waals surface area contributed by atoms with Crippen molar-refractivity contribution in [3.8, 4) is 5.69 Å². The van der Waals surface area contributed by atoms with E-state index in [4.69, 9.17) is 12.2 Å². The number of nitrogens with zero attached hydrogens (tertiary/aromatic N) is 2. The molecule has 0 radical (unpaired) electrons. The molecule has 0 aliphatic heterocycles. The summed E-state index contributed by atoms with van der Waals surface area (Å²) in [7, 11) is 0. The molecule has 1 aromatic carbocycles. The van der Waals surface area contributed by atoms with Crippen LogP contribution in [-0.2, 0) is 6.42 Å². The average Bonchev–Trinajstić information content (AvgIpc) is 2.65. The van der Waals surface area contributed by atoms with Crippen molar-refractivity contribution >= 4 is 28.1 Å². The van der Waals surface area contributed by atoms with Crippen LogP contribution in [-0.4, -0.2) is 14.8 Å². The molecule has 3 nitrogen and oxygen atoms in total. The molecular formula is C10H8BrF2N3S. The van der Waals surface area contributed by atoms with E-state index in [0.717, 1.165) is 6.07 Å². The van der Waals surface area contributed by atoms with Crippen molar-refractivity contribution in [3.05, 3.63) is 38.8 Å². The van der Waals surface area contributed by atoms with E-state index in [9.17, 15) is 8.78 Å². The number of halogens is 3. The summed E-state index contributed by atoms with van der Waals surface area (Å²) in [4.78, 5) is 0. The molecule has 0 bridgehead atoms. The lowest BCUT2D eigenvalue weighted by molar-refractivity contribution is 0.572. The van der Waals surface area contributed by atoms with Crippen LogP contribution in [0.3, 0.4) is 0 Å². The standard InChI is InChI=1S/C10H8BrF2N3S/c1-2-9-14-15-10(17)16(9)8-3-5(11)6(12)4-7(8)13/h3-4H,2H2,1H3,(H,15,17). The van der Waals surface area contributed by atoms with Gasteiger partial charge in [-0.15, -0.1) is 0 Å². The number of nitrogens with one attached hydrogen (secondary N) is 1. The van der Waals surface area contributed by atoms with Crippen LogP contribution in [0, 0.1) is 16.4 Å². The highest BCUT2D eigenvalue weighted by Crippen LogP contribution is 2.23. The van der Waals surface area contributed by atoms with E-state index in [-0.39, 0.29) is 14.9 Å². The molecule has 90 valence electrons. The summed E-state index contributed by atoms with van der Waals surface area (Å²) in [6, 6.07) is 2.16. The topological polar surface area (TPSA) is 33.6 Å². The fourth-order valence-electron chi connectivity index (χ4n) is 1.50. The molecule has 0 amide bonds. The molecule has 0 saturated heterocycles. The fraction of sp³-hybridized carbons (Fsp3) is 0.200. The summed E-state index contributed by atoms with van der Waals surface area (Å²) in [6.45, 7) is 1.87. The zero-order valence-electron chi connectivity index (χ0n) is 8.80. The van der Waals surface area contributed by atoms with E-state index >= 15 is 0 Å². The Morgan fingerprint density at radius 3 is 2.76 bits per heavy atom. The van der Waals surface area contributed by atoms with Crippen LogP contribution in [0.1, 0.15) is 12.7 Å². The zero-order chi connectivity index (χ0) is 12.6. The molecule has 0 spiro atoms. The summed E-state index contributed by atoms with van der Waals surface area (Å²) >= 11 is 8.04. The highest BCUT2D eigenvalue weighted by molar-refractivity contribution is 9.10. The number of aromatic amines is 1. The summed E-state index contributed by atoms with van der Waals surface area (Å²) in [5, 5.41) is 6.56. The summed E-state index contributed by atoms with van der Waals surface area (Å²) in [5.41, 5.74) is 0.175. The first kappa shape index (κ1) is 12.4. The van der Waals surface area contributed by atoms with Crippen LogP contribution < -0.4 is 0 Å². The summed E-state index contributed by atoms with van der Waals surface area (Å²) in [5.74, 6) is -0.746. The molecule has 1 aromatic heterocycles. The SMILES string of the molecule is CCc1n[nH]c(=S)n1-c1cc(Br)c(F)cc1F. The van der Waals surface area contributed by atoms with Crippen LogP contribution >= 0.6 is 28.1 Å². The van der Waals surface area contributed by atoms with Crippen molar-refractivity contribution < 1.29 is 8.78 Å². The Balaban J connectivity index is 2.72. The van der Waals surface area contributed by atoms with Gasteiger partial charge in [-0.3, -0.25) is 9.67 Å². The normalized spacial score (nSPS) is 10.8. The van der Waals surface area contributed by atoms with Gasteiger partial charge in [0.2, 0.25) is 0 Å². The highest BCUT2D eigenvalue weighted by atomic mass is 79.9. The van der Waals surface area contributed by atoms with Gasteiger partial charge < -0.3 is 0 Å². The number of H-pyrrole nitrogens is 1. The molecule has 0 atom stereocenters. The van der Waals surface area contributed by atoms with Crippen LogP contribution in [0.4, 0.5) is 8.78 Å². The maximum atomic E-state index is 13.7. The lowest BCUT2D eigenvalue weighted by atomic mass is 10.3. The molecule has 0 aliphatic carbocycles. The van der Waals surface area contributed by atoms with E-state index in [1.165, 1.54) is 10.6 Å². The average molecular weight is 320 g/mol. The number of hydrogen-bond donors (Lipinski definition) is 1. The quantitative estimate of drug-likeness (QED) is 0.678. The smallest absolute Gasteiger partial charge is 0.199 e. The summed E-state index contributed by atoms with van der Waals surface area (Å²) < 4.78 is 28.8. The Morgan fingerprint density at radius 1 is 1.41 bits per heavy atom. The zero-order valence-corrected chi connectivity index (χ0v) is 11.2. The Bertz CT molecular complexity index is 620. The third-order valence-corrected chi connectivity index (χ3v) is 3.17. The van der Waals surface area contributed by atoms with Gasteiger partial charge in [-0.2, -0.15) is 5.10 Å². The van der Waals surface area contributed by atoms with Crippen molar-refractivity contribution in [2.45, 2.75) is 13.3 Å². The third kappa shape index (κ3) is 2.16. The third-order valence-electron chi connectivity index (χ3n) is 2.29. The van der Waals surface area contributed by atoms with Gasteiger partial charge in [0, 0.05) is 12.5 Å². The van der Waals surface area contributed by atoms with Gasteiger partial charge in [0.1, 0.15) is 17.5 Å². The molecule has 1 N–H and O–H groups in total.